The first-order valence-corrected chi connectivity index (χ1v) is 7.22. The number of benzene rings is 1. The zero-order chi connectivity index (χ0) is 18.5. The minimum absolute atomic E-state index is 0.100. The maximum absolute atomic E-state index is 12.7. The lowest BCUT2D eigenvalue weighted by Crippen LogP contribution is -2.43. The highest BCUT2D eigenvalue weighted by Gasteiger charge is 2.30. The van der Waals surface area contributed by atoms with Crippen LogP contribution in [0.1, 0.15) is 38.3 Å². The number of rotatable bonds is 5. The standard InChI is InChI=1S/C16H20F3NO4/c1-15(2,3)24-14(23)20-12(9-13(21)22)8-10-5-4-6-11(7-10)16(17,18)19/h4-7,12H,8-9H2,1-3H3,(H,20,23)(H,21,22)/p-1/t12-/m0/s1. The van der Waals surface area contributed by atoms with E-state index in [1.807, 2.05) is 0 Å². The van der Waals surface area contributed by atoms with Crippen molar-refractivity contribution in [2.45, 2.75) is 51.4 Å². The minimum Gasteiger partial charge on any atom is -0.550 e. The second-order valence-corrected chi connectivity index (χ2v) is 6.32. The first-order chi connectivity index (χ1) is 10.9. The first-order valence-electron chi connectivity index (χ1n) is 7.22. The van der Waals surface area contributed by atoms with E-state index >= 15 is 0 Å². The molecule has 1 rings (SSSR count). The summed E-state index contributed by atoms with van der Waals surface area (Å²) in [6.07, 6.45) is -5.99. The monoisotopic (exact) mass is 346 g/mol. The molecule has 0 unspecified atom stereocenters. The summed E-state index contributed by atoms with van der Waals surface area (Å²) in [5.74, 6) is -1.43. The van der Waals surface area contributed by atoms with Gasteiger partial charge in [-0.1, -0.05) is 18.2 Å². The summed E-state index contributed by atoms with van der Waals surface area (Å²) in [5.41, 5.74) is -1.39. The lowest BCUT2D eigenvalue weighted by molar-refractivity contribution is -0.306. The number of halogens is 3. The molecule has 0 heterocycles. The van der Waals surface area contributed by atoms with Crippen LogP contribution in [-0.4, -0.2) is 23.7 Å². The average molecular weight is 346 g/mol. The van der Waals surface area contributed by atoms with Crippen molar-refractivity contribution in [1.29, 1.82) is 0 Å². The molecule has 0 aromatic heterocycles. The number of amides is 1. The molecule has 0 aliphatic rings. The Morgan fingerprint density at radius 3 is 2.38 bits per heavy atom. The summed E-state index contributed by atoms with van der Waals surface area (Å²) in [6.45, 7) is 4.90. The van der Waals surface area contributed by atoms with Crippen molar-refractivity contribution in [3.05, 3.63) is 35.4 Å². The molecule has 1 amide bonds. The Balaban J connectivity index is 2.87. The summed E-state index contributed by atoms with van der Waals surface area (Å²) < 4.78 is 43.2. The van der Waals surface area contributed by atoms with E-state index in [4.69, 9.17) is 4.74 Å². The van der Waals surface area contributed by atoms with Crippen LogP contribution in [0.15, 0.2) is 24.3 Å². The second-order valence-electron chi connectivity index (χ2n) is 6.32. The van der Waals surface area contributed by atoms with Crippen molar-refractivity contribution >= 4 is 12.1 Å². The highest BCUT2D eigenvalue weighted by atomic mass is 19.4. The molecular weight excluding hydrogens is 327 g/mol. The number of ether oxygens (including phenoxy) is 1. The van der Waals surface area contributed by atoms with Crippen LogP contribution < -0.4 is 10.4 Å². The predicted octanol–water partition coefficient (Wildman–Crippen LogP) is 2.28. The highest BCUT2D eigenvalue weighted by molar-refractivity contribution is 5.70. The summed E-state index contributed by atoms with van der Waals surface area (Å²) in [4.78, 5) is 22.5. The van der Waals surface area contributed by atoms with E-state index in [9.17, 15) is 27.9 Å². The van der Waals surface area contributed by atoms with Crippen molar-refractivity contribution in [1.82, 2.24) is 5.32 Å². The SMILES string of the molecule is CC(C)(C)OC(=O)N[C@H](CC(=O)[O-])Cc1cccc(C(F)(F)F)c1. The number of alkyl halides is 3. The van der Waals surface area contributed by atoms with E-state index in [1.165, 1.54) is 12.1 Å². The van der Waals surface area contributed by atoms with Gasteiger partial charge in [0, 0.05) is 18.4 Å². The van der Waals surface area contributed by atoms with Gasteiger partial charge in [0.05, 0.1) is 5.56 Å². The zero-order valence-electron chi connectivity index (χ0n) is 13.6. The van der Waals surface area contributed by atoms with E-state index in [1.54, 1.807) is 20.8 Å². The number of carbonyl (C=O) groups is 2. The molecule has 134 valence electrons. The number of hydrogen-bond acceptors (Lipinski definition) is 4. The molecule has 0 bridgehead atoms. The van der Waals surface area contributed by atoms with Gasteiger partial charge in [-0.15, -0.1) is 0 Å². The third-order valence-corrected chi connectivity index (χ3v) is 2.87. The van der Waals surface area contributed by atoms with Crippen molar-refractivity contribution in [3.8, 4) is 0 Å². The van der Waals surface area contributed by atoms with E-state index in [0.717, 1.165) is 12.1 Å². The number of carboxylic acids is 1. The molecular formula is C16H19F3NO4-. The maximum Gasteiger partial charge on any atom is 0.416 e. The minimum atomic E-state index is -4.50. The molecule has 0 aliphatic heterocycles. The van der Waals surface area contributed by atoms with Gasteiger partial charge >= 0.3 is 12.3 Å². The molecule has 0 fully saturated rings. The van der Waals surface area contributed by atoms with Gasteiger partial charge in [-0.3, -0.25) is 0 Å². The van der Waals surface area contributed by atoms with Crippen molar-refractivity contribution in [3.63, 3.8) is 0 Å². The second kappa shape index (κ2) is 7.55. The van der Waals surface area contributed by atoms with Gasteiger partial charge in [-0.25, -0.2) is 4.79 Å². The zero-order valence-corrected chi connectivity index (χ0v) is 13.6. The van der Waals surface area contributed by atoms with Gasteiger partial charge in [-0.2, -0.15) is 13.2 Å². The molecule has 1 aromatic carbocycles. The van der Waals surface area contributed by atoms with Crippen molar-refractivity contribution in [2.24, 2.45) is 0 Å². The number of aliphatic carboxylic acids is 1. The number of carboxylic acid groups (broad SMARTS) is 1. The van der Waals surface area contributed by atoms with Crippen LogP contribution in [0.5, 0.6) is 0 Å². The smallest absolute Gasteiger partial charge is 0.416 e. The topological polar surface area (TPSA) is 78.5 Å². The fraction of sp³-hybridized carbons (Fsp3) is 0.500. The van der Waals surface area contributed by atoms with E-state index in [2.05, 4.69) is 5.32 Å². The van der Waals surface area contributed by atoms with Gasteiger partial charge in [0.1, 0.15) is 5.60 Å². The molecule has 0 saturated heterocycles. The number of nitrogens with one attached hydrogen (secondary N) is 1. The molecule has 0 saturated carbocycles. The van der Waals surface area contributed by atoms with Crippen molar-refractivity contribution < 1.29 is 32.6 Å². The van der Waals surface area contributed by atoms with Crippen LogP contribution in [0.4, 0.5) is 18.0 Å². The number of alkyl carbamates (subject to hydrolysis) is 1. The lowest BCUT2D eigenvalue weighted by Gasteiger charge is -2.24. The van der Waals surface area contributed by atoms with Crippen LogP contribution in [0.3, 0.4) is 0 Å². The fourth-order valence-corrected chi connectivity index (χ4v) is 2.01. The van der Waals surface area contributed by atoms with E-state index in [0.29, 0.717) is 0 Å². The molecule has 24 heavy (non-hydrogen) atoms. The van der Waals surface area contributed by atoms with E-state index in [-0.39, 0.29) is 12.0 Å². The fourth-order valence-electron chi connectivity index (χ4n) is 2.01. The van der Waals surface area contributed by atoms with Gasteiger partial charge < -0.3 is 20.0 Å². The van der Waals surface area contributed by atoms with Crippen LogP contribution >= 0.6 is 0 Å². The summed E-state index contributed by atoms with van der Waals surface area (Å²) in [5, 5.41) is 13.2. The summed E-state index contributed by atoms with van der Waals surface area (Å²) >= 11 is 0. The average Bonchev–Trinajstić information content (AvgIpc) is 2.34. The first kappa shape index (κ1) is 19.8. The van der Waals surface area contributed by atoms with Crippen LogP contribution in [0, 0.1) is 0 Å². The van der Waals surface area contributed by atoms with Gasteiger partial charge in [0.2, 0.25) is 0 Å². The third-order valence-electron chi connectivity index (χ3n) is 2.87. The Morgan fingerprint density at radius 2 is 1.88 bits per heavy atom. The maximum atomic E-state index is 12.7. The molecule has 0 radical (unpaired) electrons. The van der Waals surface area contributed by atoms with Crippen LogP contribution in [0.2, 0.25) is 0 Å². The van der Waals surface area contributed by atoms with Crippen molar-refractivity contribution in [2.75, 3.05) is 0 Å². The molecule has 8 heteroatoms. The molecule has 1 aromatic rings. The third kappa shape index (κ3) is 7.34. The molecule has 1 N–H and O–H groups in total. The Kier molecular flexibility index (Phi) is 6.22. The number of hydrogen-bond donors (Lipinski definition) is 1. The molecule has 5 nitrogen and oxygen atoms in total. The molecule has 0 aliphatic carbocycles. The summed E-state index contributed by atoms with van der Waals surface area (Å²) in [7, 11) is 0. The Hall–Kier alpha value is -2.25. The van der Waals surface area contributed by atoms with E-state index < -0.39 is 41.9 Å². The number of carbonyl (C=O) groups excluding carboxylic acids is 2. The Labute approximate surface area is 137 Å². The van der Waals surface area contributed by atoms with Gasteiger partial charge in [-0.05, 0) is 38.8 Å². The van der Waals surface area contributed by atoms with Gasteiger partial charge in [0.15, 0.2) is 0 Å². The normalized spacial score (nSPS) is 13.2. The lowest BCUT2D eigenvalue weighted by atomic mass is 10.0. The highest BCUT2D eigenvalue weighted by Crippen LogP contribution is 2.29. The largest absolute Gasteiger partial charge is 0.550 e. The Bertz CT molecular complexity index is 594. The molecule has 1 atom stereocenters. The van der Waals surface area contributed by atoms with Gasteiger partial charge in [0.25, 0.3) is 0 Å². The van der Waals surface area contributed by atoms with Crippen LogP contribution in [0.25, 0.3) is 0 Å². The molecule has 0 spiro atoms. The quantitative estimate of drug-likeness (QED) is 0.887. The predicted molar refractivity (Wildman–Crippen MR) is 77.9 cm³/mol. The Morgan fingerprint density at radius 1 is 1.25 bits per heavy atom. The summed E-state index contributed by atoms with van der Waals surface area (Å²) in [6, 6.07) is 3.53. The van der Waals surface area contributed by atoms with Crippen LogP contribution in [-0.2, 0) is 22.1 Å².